The Morgan fingerprint density at radius 3 is 2.46 bits per heavy atom. The van der Waals surface area contributed by atoms with Crippen molar-refractivity contribution in [2.45, 2.75) is 44.9 Å². The third-order valence-electron chi connectivity index (χ3n) is 4.21. The molecule has 7 heteroatoms. The van der Waals surface area contributed by atoms with E-state index >= 15 is 0 Å². The molecule has 1 amide bonds. The minimum atomic E-state index is -0.514. The normalized spacial score (nSPS) is 14.8. The van der Waals surface area contributed by atoms with Gasteiger partial charge in [-0.05, 0) is 24.5 Å². The van der Waals surface area contributed by atoms with E-state index in [4.69, 9.17) is 4.74 Å². The van der Waals surface area contributed by atoms with Crippen LogP contribution in [-0.4, -0.2) is 23.4 Å². The zero-order chi connectivity index (χ0) is 17.4. The smallest absolute Gasteiger partial charge is 0.306 e. The van der Waals surface area contributed by atoms with Gasteiger partial charge in [-0.1, -0.05) is 32.1 Å². The minimum absolute atomic E-state index is 0.0536. The molecule has 0 heterocycles. The number of amides is 1. The molecule has 0 spiro atoms. The Kier molecular flexibility index (Phi) is 6.72. The summed E-state index contributed by atoms with van der Waals surface area (Å²) >= 11 is 0. The van der Waals surface area contributed by atoms with Crippen molar-refractivity contribution >= 4 is 23.3 Å². The number of nitro benzene ring substituents is 1. The second-order valence-electron chi connectivity index (χ2n) is 6.06. The maximum atomic E-state index is 11.7. The van der Waals surface area contributed by atoms with Crippen LogP contribution < -0.4 is 5.32 Å². The summed E-state index contributed by atoms with van der Waals surface area (Å²) in [5.41, 5.74) is 0.367. The number of ether oxygens (including phenoxy) is 1. The molecule has 0 bridgehead atoms. The Morgan fingerprint density at radius 1 is 1.17 bits per heavy atom. The molecule has 1 aromatic carbocycles. The highest BCUT2D eigenvalue weighted by Gasteiger charge is 2.16. The number of non-ortho nitro benzene ring substituents is 1. The number of esters is 1. The number of rotatable bonds is 7. The number of nitrogens with zero attached hydrogens (tertiary/aromatic N) is 1. The van der Waals surface area contributed by atoms with E-state index in [1.807, 2.05) is 0 Å². The molecule has 1 N–H and O–H groups in total. The van der Waals surface area contributed by atoms with E-state index in [2.05, 4.69) is 5.32 Å². The van der Waals surface area contributed by atoms with E-state index in [1.165, 1.54) is 56.4 Å². The molecule has 0 atom stereocenters. The third-order valence-corrected chi connectivity index (χ3v) is 4.21. The van der Waals surface area contributed by atoms with Gasteiger partial charge in [-0.2, -0.15) is 0 Å². The molecule has 0 radical (unpaired) electrons. The van der Waals surface area contributed by atoms with E-state index in [0.29, 0.717) is 18.0 Å². The van der Waals surface area contributed by atoms with Gasteiger partial charge in [-0.15, -0.1) is 0 Å². The van der Waals surface area contributed by atoms with Gasteiger partial charge in [0.25, 0.3) is 11.6 Å². The Hall–Kier alpha value is -2.44. The Balaban J connectivity index is 1.66. The van der Waals surface area contributed by atoms with Gasteiger partial charge in [0, 0.05) is 24.2 Å². The summed E-state index contributed by atoms with van der Waals surface area (Å²) in [5, 5.41) is 13.1. The first-order valence-electron chi connectivity index (χ1n) is 8.24. The van der Waals surface area contributed by atoms with Crippen molar-refractivity contribution in [3.05, 3.63) is 34.4 Å². The van der Waals surface area contributed by atoms with E-state index < -0.39 is 10.8 Å². The Morgan fingerprint density at radius 2 is 1.83 bits per heavy atom. The molecule has 1 saturated carbocycles. The predicted octanol–water partition coefficient (Wildman–Crippen LogP) is 3.44. The summed E-state index contributed by atoms with van der Waals surface area (Å²) in [7, 11) is 0. The summed E-state index contributed by atoms with van der Waals surface area (Å²) in [5.74, 6) is -0.227. The van der Waals surface area contributed by atoms with Gasteiger partial charge < -0.3 is 10.1 Å². The molecule has 7 nitrogen and oxygen atoms in total. The third kappa shape index (κ3) is 5.98. The van der Waals surface area contributed by atoms with Crippen LogP contribution in [0.2, 0.25) is 0 Å². The quantitative estimate of drug-likeness (QED) is 0.468. The van der Waals surface area contributed by atoms with Crippen molar-refractivity contribution in [3.63, 3.8) is 0 Å². The number of anilines is 1. The summed E-state index contributed by atoms with van der Waals surface area (Å²) in [6, 6.07) is 5.46. The van der Waals surface area contributed by atoms with Crippen LogP contribution in [0, 0.1) is 16.0 Å². The van der Waals surface area contributed by atoms with Crippen LogP contribution in [0.15, 0.2) is 24.3 Å². The molecule has 0 unspecified atom stereocenters. The molecule has 1 aliphatic carbocycles. The highest BCUT2D eigenvalue weighted by molar-refractivity contribution is 5.92. The molecule has 1 aromatic rings. The number of hydrogen-bond acceptors (Lipinski definition) is 5. The molecule has 130 valence electrons. The van der Waals surface area contributed by atoms with Gasteiger partial charge in [0.05, 0.1) is 4.92 Å². The van der Waals surface area contributed by atoms with Crippen molar-refractivity contribution in [2.24, 2.45) is 5.92 Å². The van der Waals surface area contributed by atoms with Crippen LogP contribution in [0.5, 0.6) is 0 Å². The van der Waals surface area contributed by atoms with Gasteiger partial charge in [-0.25, -0.2) is 0 Å². The van der Waals surface area contributed by atoms with Crippen molar-refractivity contribution in [1.29, 1.82) is 0 Å². The zero-order valence-corrected chi connectivity index (χ0v) is 13.5. The molecule has 1 fully saturated rings. The number of hydrogen-bond donors (Lipinski definition) is 1. The maximum Gasteiger partial charge on any atom is 0.306 e. The SMILES string of the molecule is O=C(COC(=O)CCC1CCCCC1)Nc1ccc([N+](=O)[O-])cc1. The summed E-state index contributed by atoms with van der Waals surface area (Å²) in [6.07, 6.45) is 7.26. The lowest BCUT2D eigenvalue weighted by atomic mass is 9.86. The standard InChI is InChI=1S/C17H22N2O5/c20-16(18-14-7-9-15(10-8-14)19(22)23)12-24-17(21)11-6-13-4-2-1-3-5-13/h7-10,13H,1-6,11-12H2,(H,18,20). The molecule has 2 rings (SSSR count). The molecule has 1 aliphatic rings. The Labute approximate surface area is 140 Å². The maximum absolute atomic E-state index is 11.7. The van der Waals surface area contributed by atoms with Crippen molar-refractivity contribution in [2.75, 3.05) is 11.9 Å². The van der Waals surface area contributed by atoms with Gasteiger partial charge in [0.2, 0.25) is 0 Å². The van der Waals surface area contributed by atoms with Crippen LogP contribution in [-0.2, 0) is 14.3 Å². The number of carbonyl (C=O) groups is 2. The first-order valence-corrected chi connectivity index (χ1v) is 8.24. The van der Waals surface area contributed by atoms with Gasteiger partial charge in [0.15, 0.2) is 6.61 Å². The largest absolute Gasteiger partial charge is 0.456 e. The van der Waals surface area contributed by atoms with Gasteiger partial charge in [-0.3, -0.25) is 19.7 Å². The second kappa shape index (κ2) is 9.00. The molecule has 0 saturated heterocycles. The number of carbonyl (C=O) groups excluding carboxylic acids is 2. The lowest BCUT2D eigenvalue weighted by Gasteiger charge is -2.20. The summed E-state index contributed by atoms with van der Waals surface area (Å²) in [4.78, 5) is 33.4. The van der Waals surface area contributed by atoms with Crippen LogP contribution in [0.25, 0.3) is 0 Å². The van der Waals surface area contributed by atoms with Gasteiger partial charge in [0.1, 0.15) is 0 Å². The van der Waals surface area contributed by atoms with Gasteiger partial charge >= 0.3 is 5.97 Å². The van der Waals surface area contributed by atoms with Crippen molar-refractivity contribution < 1.29 is 19.2 Å². The van der Waals surface area contributed by atoms with Crippen LogP contribution >= 0.6 is 0 Å². The van der Waals surface area contributed by atoms with E-state index in [-0.39, 0.29) is 18.3 Å². The highest BCUT2D eigenvalue weighted by atomic mass is 16.6. The van der Waals surface area contributed by atoms with Crippen LogP contribution in [0.4, 0.5) is 11.4 Å². The first-order chi connectivity index (χ1) is 11.5. The molecular formula is C17H22N2O5. The van der Waals surface area contributed by atoms with E-state index in [1.54, 1.807) is 0 Å². The molecule has 0 aromatic heterocycles. The lowest BCUT2D eigenvalue weighted by Crippen LogP contribution is -2.21. The average Bonchev–Trinajstić information content (AvgIpc) is 2.59. The second-order valence-corrected chi connectivity index (χ2v) is 6.06. The number of nitrogens with one attached hydrogen (secondary N) is 1. The fourth-order valence-corrected chi connectivity index (χ4v) is 2.88. The van der Waals surface area contributed by atoms with Crippen LogP contribution in [0.1, 0.15) is 44.9 Å². The van der Waals surface area contributed by atoms with Crippen molar-refractivity contribution in [1.82, 2.24) is 0 Å². The van der Waals surface area contributed by atoms with E-state index in [9.17, 15) is 19.7 Å². The molecule has 24 heavy (non-hydrogen) atoms. The molecular weight excluding hydrogens is 312 g/mol. The van der Waals surface area contributed by atoms with Crippen molar-refractivity contribution in [3.8, 4) is 0 Å². The Bertz CT molecular complexity index is 579. The van der Waals surface area contributed by atoms with E-state index in [0.717, 1.165) is 6.42 Å². The number of nitro groups is 1. The zero-order valence-electron chi connectivity index (χ0n) is 13.5. The predicted molar refractivity (Wildman–Crippen MR) is 88.5 cm³/mol. The lowest BCUT2D eigenvalue weighted by molar-refractivity contribution is -0.384. The highest BCUT2D eigenvalue weighted by Crippen LogP contribution is 2.27. The summed E-state index contributed by atoms with van der Waals surface area (Å²) < 4.78 is 4.97. The fraction of sp³-hybridized carbons (Fsp3) is 0.529. The summed E-state index contributed by atoms with van der Waals surface area (Å²) in [6.45, 7) is -0.347. The monoisotopic (exact) mass is 334 g/mol. The first kappa shape index (κ1) is 17.9. The average molecular weight is 334 g/mol. The fourth-order valence-electron chi connectivity index (χ4n) is 2.88. The van der Waals surface area contributed by atoms with Crippen LogP contribution in [0.3, 0.4) is 0 Å². The minimum Gasteiger partial charge on any atom is -0.456 e. The number of benzene rings is 1. The molecule has 0 aliphatic heterocycles. The topological polar surface area (TPSA) is 98.5 Å².